The van der Waals surface area contributed by atoms with Gasteiger partial charge in [-0.15, -0.1) is 11.3 Å². The average molecular weight is 496 g/mol. The van der Waals surface area contributed by atoms with Crippen molar-refractivity contribution in [2.75, 3.05) is 11.1 Å². The van der Waals surface area contributed by atoms with Crippen LogP contribution in [0, 0.1) is 6.92 Å². The molecule has 4 aromatic heterocycles. The molecule has 0 spiro atoms. The molecular formula is C22H21N7O3S2. The third kappa shape index (κ3) is 4.33. The van der Waals surface area contributed by atoms with Crippen LogP contribution in [0.4, 0.5) is 5.82 Å². The first-order chi connectivity index (χ1) is 16.4. The van der Waals surface area contributed by atoms with Gasteiger partial charge < -0.3 is 5.32 Å². The number of H-pyrrole nitrogens is 1. The van der Waals surface area contributed by atoms with Gasteiger partial charge in [-0.2, -0.15) is 9.78 Å². The maximum Gasteiger partial charge on any atom is 0.254 e. The zero-order valence-corrected chi connectivity index (χ0v) is 20.1. The molecule has 5 rings (SSSR count). The summed E-state index contributed by atoms with van der Waals surface area (Å²) in [6, 6.07) is 8.21. The summed E-state index contributed by atoms with van der Waals surface area (Å²) in [5.41, 5.74) is 1.47. The Labute approximate surface area is 202 Å². The molecule has 1 unspecified atom stereocenters. The van der Waals surface area contributed by atoms with Gasteiger partial charge >= 0.3 is 0 Å². The standard InChI is InChI=1S/C22H21N7O3S2/c1-3-13-8-18(30)26-21(24-13)29-17(10-15(27-29)16-5-4-6-33-16)25-19(31)9-14-11-34-22-23-12(2)7-20(32)28(14)22/h4-8,10,14H,3,9,11H2,1-2H3,(H,25,31)(H,24,26,30). The number of carbonyl (C=O) groups is 1. The van der Waals surface area contributed by atoms with Crippen molar-refractivity contribution in [2.24, 2.45) is 0 Å². The van der Waals surface area contributed by atoms with Gasteiger partial charge in [-0.3, -0.25) is 23.9 Å². The molecule has 34 heavy (non-hydrogen) atoms. The van der Waals surface area contributed by atoms with E-state index in [-0.39, 0.29) is 35.4 Å². The van der Waals surface area contributed by atoms with Gasteiger partial charge in [-0.1, -0.05) is 24.8 Å². The van der Waals surface area contributed by atoms with Crippen LogP contribution in [0.5, 0.6) is 0 Å². The zero-order chi connectivity index (χ0) is 23.8. The molecule has 4 aromatic rings. The number of nitrogens with zero attached hydrogens (tertiary/aromatic N) is 5. The number of aryl methyl sites for hydroxylation is 2. The smallest absolute Gasteiger partial charge is 0.254 e. The lowest BCUT2D eigenvalue weighted by Gasteiger charge is -2.14. The second-order valence-electron chi connectivity index (χ2n) is 7.82. The van der Waals surface area contributed by atoms with E-state index >= 15 is 0 Å². The summed E-state index contributed by atoms with van der Waals surface area (Å²) in [4.78, 5) is 50.2. The molecule has 1 aliphatic rings. The van der Waals surface area contributed by atoms with E-state index in [2.05, 4.69) is 25.4 Å². The van der Waals surface area contributed by atoms with Crippen molar-refractivity contribution in [1.29, 1.82) is 0 Å². The highest BCUT2D eigenvalue weighted by Crippen LogP contribution is 2.32. The molecule has 0 bridgehead atoms. The summed E-state index contributed by atoms with van der Waals surface area (Å²) >= 11 is 2.98. The number of nitrogens with one attached hydrogen (secondary N) is 2. The van der Waals surface area contributed by atoms with E-state index in [0.29, 0.717) is 40.2 Å². The lowest BCUT2D eigenvalue weighted by atomic mass is 10.2. The quantitative estimate of drug-likeness (QED) is 0.394. The predicted octanol–water partition coefficient (Wildman–Crippen LogP) is 2.79. The molecule has 10 nitrogen and oxygen atoms in total. The lowest BCUT2D eigenvalue weighted by Crippen LogP contribution is -2.28. The van der Waals surface area contributed by atoms with Crippen molar-refractivity contribution in [3.05, 3.63) is 67.8 Å². The Morgan fingerprint density at radius 3 is 2.88 bits per heavy atom. The van der Waals surface area contributed by atoms with Crippen LogP contribution in [0.25, 0.3) is 16.5 Å². The van der Waals surface area contributed by atoms with E-state index in [1.165, 1.54) is 39.9 Å². The number of thiophene rings is 1. The van der Waals surface area contributed by atoms with Crippen LogP contribution in [-0.2, 0) is 11.2 Å². The zero-order valence-electron chi connectivity index (χ0n) is 18.4. The van der Waals surface area contributed by atoms with Gasteiger partial charge in [0.25, 0.3) is 11.1 Å². The first-order valence-electron chi connectivity index (χ1n) is 10.7. The Balaban J connectivity index is 1.46. The van der Waals surface area contributed by atoms with Gasteiger partial charge in [-0.05, 0) is 24.8 Å². The largest absolute Gasteiger partial charge is 0.310 e. The Hall–Kier alpha value is -3.51. The summed E-state index contributed by atoms with van der Waals surface area (Å²) in [6.07, 6.45) is 0.682. The number of amides is 1. The SMILES string of the molecule is CCc1cc(=O)[nH]c(-n2nc(-c3cccs3)cc2NC(=O)CC2CSc3nc(C)cc(=O)n32)n1. The minimum atomic E-state index is -0.297. The fraction of sp³-hybridized carbons (Fsp3) is 0.273. The van der Waals surface area contributed by atoms with Crippen molar-refractivity contribution in [3.8, 4) is 16.5 Å². The molecule has 2 N–H and O–H groups in total. The fourth-order valence-electron chi connectivity index (χ4n) is 3.77. The molecule has 0 fully saturated rings. The van der Waals surface area contributed by atoms with Crippen molar-refractivity contribution in [1.82, 2.24) is 29.3 Å². The molecule has 0 aliphatic carbocycles. The van der Waals surface area contributed by atoms with Gasteiger partial charge in [0.15, 0.2) is 5.16 Å². The third-order valence-electron chi connectivity index (χ3n) is 5.33. The monoisotopic (exact) mass is 495 g/mol. The number of hydrogen-bond donors (Lipinski definition) is 2. The highest BCUT2D eigenvalue weighted by atomic mass is 32.2. The van der Waals surface area contributed by atoms with Crippen LogP contribution >= 0.6 is 23.1 Å². The number of carbonyl (C=O) groups excluding carboxylic acids is 1. The normalized spacial score (nSPS) is 14.8. The minimum absolute atomic E-state index is 0.100. The molecule has 12 heteroatoms. The molecule has 1 aliphatic heterocycles. The first kappa shape index (κ1) is 22.3. The van der Waals surface area contributed by atoms with Crippen molar-refractivity contribution >= 4 is 34.8 Å². The van der Waals surface area contributed by atoms with E-state index in [9.17, 15) is 14.4 Å². The second kappa shape index (κ2) is 9.03. The van der Waals surface area contributed by atoms with Gasteiger partial charge in [0, 0.05) is 41.8 Å². The van der Waals surface area contributed by atoms with Crippen molar-refractivity contribution in [3.63, 3.8) is 0 Å². The van der Waals surface area contributed by atoms with Crippen LogP contribution in [0.1, 0.15) is 30.8 Å². The summed E-state index contributed by atoms with van der Waals surface area (Å²) < 4.78 is 3.01. The summed E-state index contributed by atoms with van der Waals surface area (Å²) in [5, 5.41) is 10.1. The number of aromatic amines is 1. The number of hydrogen-bond acceptors (Lipinski definition) is 8. The Bertz CT molecular complexity index is 1490. The van der Waals surface area contributed by atoms with Crippen LogP contribution in [0.2, 0.25) is 0 Å². The van der Waals surface area contributed by atoms with Crippen LogP contribution in [-0.4, -0.2) is 41.0 Å². The van der Waals surface area contributed by atoms with Crippen LogP contribution in [0.15, 0.2) is 50.5 Å². The summed E-state index contributed by atoms with van der Waals surface area (Å²) in [7, 11) is 0. The third-order valence-corrected chi connectivity index (χ3v) is 7.32. The topological polar surface area (TPSA) is 128 Å². The Morgan fingerprint density at radius 2 is 2.12 bits per heavy atom. The number of rotatable bonds is 6. The molecule has 5 heterocycles. The maximum atomic E-state index is 13.0. The molecule has 0 radical (unpaired) electrons. The van der Waals surface area contributed by atoms with Crippen LogP contribution in [0.3, 0.4) is 0 Å². The number of thioether (sulfide) groups is 1. The van der Waals surface area contributed by atoms with Gasteiger partial charge in [0.1, 0.15) is 11.5 Å². The van der Waals surface area contributed by atoms with E-state index in [1.54, 1.807) is 17.6 Å². The highest BCUT2D eigenvalue weighted by molar-refractivity contribution is 7.99. The highest BCUT2D eigenvalue weighted by Gasteiger charge is 2.28. The van der Waals surface area contributed by atoms with Gasteiger partial charge in [-0.25, -0.2) is 9.97 Å². The number of aromatic nitrogens is 6. The summed E-state index contributed by atoms with van der Waals surface area (Å²) in [6.45, 7) is 3.69. The fourth-order valence-corrected chi connectivity index (χ4v) is 5.65. The summed E-state index contributed by atoms with van der Waals surface area (Å²) in [5.74, 6) is 0.913. The molecule has 174 valence electrons. The lowest BCUT2D eigenvalue weighted by molar-refractivity contribution is -0.116. The van der Waals surface area contributed by atoms with E-state index in [1.807, 2.05) is 24.4 Å². The number of anilines is 1. The van der Waals surface area contributed by atoms with Gasteiger partial charge in [0.05, 0.1) is 10.9 Å². The molecule has 0 saturated carbocycles. The molecule has 0 saturated heterocycles. The van der Waals surface area contributed by atoms with Gasteiger partial charge in [0.2, 0.25) is 11.9 Å². The molecule has 0 aromatic carbocycles. The maximum absolute atomic E-state index is 13.0. The number of fused-ring (bicyclic) bond motifs is 1. The minimum Gasteiger partial charge on any atom is -0.310 e. The van der Waals surface area contributed by atoms with Crippen LogP contribution < -0.4 is 16.4 Å². The van der Waals surface area contributed by atoms with Crippen molar-refractivity contribution < 1.29 is 4.79 Å². The Morgan fingerprint density at radius 1 is 1.26 bits per heavy atom. The molecule has 1 atom stereocenters. The average Bonchev–Trinajstić information content (AvgIpc) is 3.53. The van der Waals surface area contributed by atoms with E-state index in [0.717, 1.165) is 4.88 Å². The van der Waals surface area contributed by atoms with E-state index < -0.39 is 0 Å². The second-order valence-corrected chi connectivity index (χ2v) is 9.76. The molecule has 1 amide bonds. The first-order valence-corrected chi connectivity index (χ1v) is 12.5. The van der Waals surface area contributed by atoms with Crippen molar-refractivity contribution in [2.45, 2.75) is 37.9 Å². The molecular weight excluding hydrogens is 474 g/mol. The van der Waals surface area contributed by atoms with E-state index in [4.69, 9.17) is 0 Å². The Kier molecular flexibility index (Phi) is 5.92. The predicted molar refractivity (Wildman–Crippen MR) is 131 cm³/mol.